The molecule has 0 aliphatic heterocycles. The third-order valence-electron chi connectivity index (χ3n) is 5.90. The molecule has 1 aliphatic carbocycles. The Bertz CT molecular complexity index is 936. The number of benzene rings is 2. The summed E-state index contributed by atoms with van der Waals surface area (Å²) in [6, 6.07) is 10.7. The number of amides is 1. The van der Waals surface area contributed by atoms with Gasteiger partial charge in [-0.2, -0.15) is 26.3 Å². The Morgan fingerprint density at radius 2 is 1.58 bits per heavy atom. The van der Waals surface area contributed by atoms with Crippen molar-refractivity contribution in [1.29, 1.82) is 0 Å². The van der Waals surface area contributed by atoms with Gasteiger partial charge in [0.2, 0.25) is 0 Å². The molecule has 2 aromatic rings. The number of halogens is 6. The molecule has 2 aromatic carbocycles. The summed E-state index contributed by atoms with van der Waals surface area (Å²) in [6.45, 7) is 1.62. The van der Waals surface area contributed by atoms with E-state index in [0.717, 1.165) is 5.56 Å². The summed E-state index contributed by atoms with van der Waals surface area (Å²) >= 11 is 0. The number of rotatable bonds is 7. The summed E-state index contributed by atoms with van der Waals surface area (Å²) < 4.78 is 89.8. The summed E-state index contributed by atoms with van der Waals surface area (Å²) in [5.74, 6) is 0.0157. The van der Waals surface area contributed by atoms with Gasteiger partial charge in [0.05, 0.1) is 30.4 Å². The van der Waals surface area contributed by atoms with Crippen molar-refractivity contribution in [2.24, 2.45) is 11.7 Å². The molecule has 1 atom stereocenters. The van der Waals surface area contributed by atoms with Gasteiger partial charge in [-0.15, -0.1) is 0 Å². The first-order chi connectivity index (χ1) is 15.3. The van der Waals surface area contributed by atoms with Gasteiger partial charge < -0.3 is 15.2 Å². The molecule has 1 aliphatic rings. The fraction of sp³-hybridized carbons (Fsp3) is 0.435. The largest absolute Gasteiger partial charge is 0.449 e. The van der Waals surface area contributed by atoms with Gasteiger partial charge in [0, 0.05) is 5.41 Å². The second-order valence-corrected chi connectivity index (χ2v) is 8.34. The fourth-order valence-corrected chi connectivity index (χ4v) is 4.19. The minimum atomic E-state index is -4.93. The van der Waals surface area contributed by atoms with E-state index in [-0.39, 0.29) is 30.8 Å². The molecule has 0 spiro atoms. The van der Waals surface area contributed by atoms with E-state index in [1.54, 1.807) is 0 Å². The van der Waals surface area contributed by atoms with Crippen LogP contribution in [0.25, 0.3) is 0 Å². The zero-order valence-electron chi connectivity index (χ0n) is 17.7. The molecule has 33 heavy (non-hydrogen) atoms. The molecule has 0 radical (unpaired) electrons. The highest BCUT2D eigenvalue weighted by Crippen LogP contribution is 2.49. The van der Waals surface area contributed by atoms with Crippen molar-refractivity contribution < 1.29 is 40.6 Å². The lowest BCUT2D eigenvalue weighted by Gasteiger charge is -2.48. The lowest BCUT2D eigenvalue weighted by molar-refractivity contribution is -0.143. The maximum absolute atomic E-state index is 13.2. The van der Waals surface area contributed by atoms with Gasteiger partial charge in [-0.25, -0.2) is 4.79 Å². The fourth-order valence-electron chi connectivity index (χ4n) is 4.19. The molecule has 10 heteroatoms. The number of primary amides is 1. The van der Waals surface area contributed by atoms with Gasteiger partial charge in [-0.1, -0.05) is 30.3 Å². The number of hydrogen-bond acceptors (Lipinski definition) is 3. The predicted molar refractivity (Wildman–Crippen MR) is 107 cm³/mol. The van der Waals surface area contributed by atoms with Gasteiger partial charge in [-0.05, 0) is 55.0 Å². The Labute approximate surface area is 186 Å². The van der Waals surface area contributed by atoms with Crippen molar-refractivity contribution in [3.8, 4) is 0 Å². The van der Waals surface area contributed by atoms with Crippen LogP contribution in [0.5, 0.6) is 0 Å². The van der Waals surface area contributed by atoms with Crippen molar-refractivity contribution in [1.82, 2.24) is 0 Å². The van der Waals surface area contributed by atoms with E-state index in [9.17, 15) is 31.1 Å². The normalized spacial score (nSPS) is 21.8. The number of carbonyl (C=O) groups is 1. The zero-order valence-corrected chi connectivity index (χ0v) is 17.7. The molecule has 0 bridgehead atoms. The first-order valence-electron chi connectivity index (χ1n) is 10.2. The number of carbonyl (C=O) groups excluding carboxylic acids is 1. The third-order valence-corrected chi connectivity index (χ3v) is 5.90. The third kappa shape index (κ3) is 5.98. The quantitative estimate of drug-likeness (QED) is 0.482. The second kappa shape index (κ2) is 9.24. The Morgan fingerprint density at radius 1 is 1.03 bits per heavy atom. The topological polar surface area (TPSA) is 61.6 Å². The van der Waals surface area contributed by atoms with Crippen LogP contribution < -0.4 is 5.73 Å². The first kappa shape index (κ1) is 24.9. The van der Waals surface area contributed by atoms with Crippen LogP contribution in [-0.4, -0.2) is 19.3 Å². The van der Waals surface area contributed by atoms with Crippen LogP contribution in [0.15, 0.2) is 48.5 Å². The molecule has 3 rings (SSSR count). The molecule has 4 nitrogen and oxygen atoms in total. The molecule has 0 saturated heterocycles. The highest BCUT2D eigenvalue weighted by atomic mass is 19.4. The summed E-state index contributed by atoms with van der Waals surface area (Å²) in [4.78, 5) is 10.9. The van der Waals surface area contributed by atoms with Crippen LogP contribution in [0.3, 0.4) is 0 Å². The van der Waals surface area contributed by atoms with E-state index in [4.69, 9.17) is 15.2 Å². The maximum Gasteiger partial charge on any atom is 0.416 e. The first-order valence-corrected chi connectivity index (χ1v) is 10.2. The summed E-state index contributed by atoms with van der Waals surface area (Å²) in [5, 5.41) is 0. The molecule has 0 aromatic heterocycles. The van der Waals surface area contributed by atoms with Gasteiger partial charge in [-0.3, -0.25) is 0 Å². The van der Waals surface area contributed by atoms with Crippen molar-refractivity contribution >= 4 is 6.09 Å². The van der Waals surface area contributed by atoms with Gasteiger partial charge in [0.15, 0.2) is 0 Å². The Hall–Kier alpha value is -2.75. The second-order valence-electron chi connectivity index (χ2n) is 8.34. The van der Waals surface area contributed by atoms with E-state index >= 15 is 0 Å². The monoisotopic (exact) mass is 475 g/mol. The highest BCUT2D eigenvalue weighted by molar-refractivity contribution is 5.64. The van der Waals surface area contributed by atoms with Crippen LogP contribution in [0.4, 0.5) is 31.1 Å². The molecule has 0 unspecified atom stereocenters. The number of hydrogen-bond donors (Lipinski definition) is 1. The lowest BCUT2D eigenvalue weighted by atomic mass is 9.59. The molecular formula is C23H23F6NO3. The number of alkyl halides is 6. The Balaban J connectivity index is 1.80. The number of ether oxygens (including phenoxy) is 2. The van der Waals surface area contributed by atoms with Crippen molar-refractivity contribution in [2.75, 3.05) is 13.2 Å². The highest BCUT2D eigenvalue weighted by Gasteiger charge is 2.46. The van der Waals surface area contributed by atoms with E-state index in [0.29, 0.717) is 25.0 Å². The van der Waals surface area contributed by atoms with Gasteiger partial charge in [0.1, 0.15) is 0 Å². The molecular weight excluding hydrogens is 452 g/mol. The van der Waals surface area contributed by atoms with E-state index in [1.807, 2.05) is 30.3 Å². The number of nitrogens with two attached hydrogens (primary N) is 1. The Kier molecular flexibility index (Phi) is 6.97. The van der Waals surface area contributed by atoms with Crippen LogP contribution in [-0.2, 0) is 27.2 Å². The van der Waals surface area contributed by atoms with E-state index in [1.165, 1.54) is 6.92 Å². The van der Waals surface area contributed by atoms with Crippen molar-refractivity contribution in [2.45, 2.75) is 43.6 Å². The molecule has 1 saturated carbocycles. The molecule has 1 fully saturated rings. The molecule has 1 amide bonds. The van der Waals surface area contributed by atoms with Gasteiger partial charge >= 0.3 is 18.4 Å². The predicted octanol–water partition coefficient (Wildman–Crippen LogP) is 6.25. The maximum atomic E-state index is 13.2. The summed E-state index contributed by atoms with van der Waals surface area (Å²) in [6.07, 6.45) is -10.6. The summed E-state index contributed by atoms with van der Waals surface area (Å²) in [7, 11) is 0. The minimum Gasteiger partial charge on any atom is -0.449 e. The Morgan fingerprint density at radius 3 is 2.06 bits per heavy atom. The average Bonchev–Trinajstić information content (AvgIpc) is 2.71. The molecule has 2 N–H and O–H groups in total. The van der Waals surface area contributed by atoms with Crippen LogP contribution in [0.1, 0.15) is 48.1 Å². The van der Waals surface area contributed by atoms with Crippen molar-refractivity contribution in [3.05, 3.63) is 70.8 Å². The zero-order chi connectivity index (χ0) is 24.4. The minimum absolute atomic E-state index is 0.0157. The van der Waals surface area contributed by atoms with Crippen LogP contribution >= 0.6 is 0 Å². The van der Waals surface area contributed by atoms with Crippen LogP contribution in [0, 0.1) is 5.92 Å². The van der Waals surface area contributed by atoms with Crippen molar-refractivity contribution in [3.63, 3.8) is 0 Å². The van der Waals surface area contributed by atoms with E-state index in [2.05, 4.69) is 0 Å². The average molecular weight is 475 g/mol. The molecule has 0 heterocycles. The van der Waals surface area contributed by atoms with Crippen LogP contribution in [0.2, 0.25) is 0 Å². The van der Waals surface area contributed by atoms with E-state index < -0.39 is 41.1 Å². The SMILES string of the molecule is C[C@@H](OCC1(c2ccccc2)CC(COC(N)=O)C1)c1cc(C(F)(F)F)cc(C(F)(F)F)c1. The summed E-state index contributed by atoms with van der Waals surface area (Å²) in [5.41, 5.74) is 2.44. The van der Waals surface area contributed by atoms with Gasteiger partial charge in [0.25, 0.3) is 0 Å². The standard InChI is InChI=1S/C23H23F6NO3/c1-14(16-7-18(22(24,25)26)9-19(8-16)23(27,28)29)33-13-21(17-5-3-2-4-6-17)10-15(11-21)12-32-20(30)31/h2-9,14-15H,10-13H2,1H3,(H2,30,31)/t14-,15?,21?/m1/s1. The smallest absolute Gasteiger partial charge is 0.416 e. The molecule has 180 valence electrons. The lowest BCUT2D eigenvalue weighted by Crippen LogP contribution is -2.47.